The zero-order valence-corrected chi connectivity index (χ0v) is 25.1. The Labute approximate surface area is 215 Å². The van der Waals surface area contributed by atoms with E-state index in [0.29, 0.717) is 0 Å². The predicted octanol–water partition coefficient (Wildman–Crippen LogP) is 11.6. The van der Waals surface area contributed by atoms with E-state index in [2.05, 4.69) is 27.7 Å². The molecule has 0 aromatic heterocycles. The summed E-state index contributed by atoms with van der Waals surface area (Å²) in [7, 11) is -3.07. The first kappa shape index (κ1) is 34.1. The number of hydrogen-bond donors (Lipinski definition) is 0. The van der Waals surface area contributed by atoms with Gasteiger partial charge in [-0.3, -0.25) is 4.57 Å². The van der Waals surface area contributed by atoms with Gasteiger partial charge >= 0.3 is 7.60 Å². The van der Waals surface area contributed by atoms with Crippen LogP contribution in [0.2, 0.25) is 0 Å². The zero-order chi connectivity index (χ0) is 25.5. The van der Waals surface area contributed by atoms with Crippen LogP contribution in [0.4, 0.5) is 0 Å². The van der Waals surface area contributed by atoms with E-state index in [1.807, 2.05) is 13.8 Å². The van der Waals surface area contributed by atoms with Crippen molar-refractivity contribution in [3.8, 4) is 0 Å². The first-order valence-corrected chi connectivity index (χ1v) is 17.0. The van der Waals surface area contributed by atoms with Crippen LogP contribution in [0, 0.1) is 0 Å². The molecular weight excluding hydrogens is 439 g/mol. The quantitative estimate of drug-likeness (QED) is 0.0871. The lowest BCUT2D eigenvalue weighted by Gasteiger charge is -2.30. The summed E-state index contributed by atoms with van der Waals surface area (Å²) < 4.78 is 25.7. The Morgan fingerprint density at radius 3 is 1.12 bits per heavy atom. The molecule has 0 heterocycles. The largest absolute Gasteiger partial charge is 0.334 e. The summed E-state index contributed by atoms with van der Waals surface area (Å²) in [6, 6.07) is 0. The van der Waals surface area contributed by atoms with E-state index >= 15 is 0 Å². The molecular formula is C30H63O3P. The van der Waals surface area contributed by atoms with Crippen LogP contribution in [0.15, 0.2) is 0 Å². The van der Waals surface area contributed by atoms with E-state index in [0.717, 1.165) is 32.1 Å². The number of hydrogen-bond acceptors (Lipinski definition) is 3. The van der Waals surface area contributed by atoms with Gasteiger partial charge in [0.1, 0.15) is 0 Å². The smallest absolute Gasteiger partial charge is 0.305 e. The summed E-state index contributed by atoms with van der Waals surface area (Å²) in [5, 5.41) is 0. The lowest BCUT2D eigenvalue weighted by molar-refractivity contribution is 0.117. The van der Waals surface area contributed by atoms with E-state index in [9.17, 15) is 4.57 Å². The molecule has 0 aliphatic heterocycles. The van der Waals surface area contributed by atoms with Crippen molar-refractivity contribution in [3.05, 3.63) is 0 Å². The minimum absolute atomic E-state index is 0.0144. The Kier molecular flexibility index (Phi) is 23.6. The van der Waals surface area contributed by atoms with Gasteiger partial charge in [0.2, 0.25) is 0 Å². The van der Waals surface area contributed by atoms with Gasteiger partial charge < -0.3 is 9.05 Å². The standard InChI is InChI=1S/C30H63O3P/c1-7-11-12-13-14-15-16-17-18-19-20-21-22-23-24-25-26-27-30(10-4)34(31,32-28(5)8-2)33-29(6)9-3/h28-30H,7-27H2,1-6H3. The van der Waals surface area contributed by atoms with Crippen LogP contribution in [-0.2, 0) is 13.6 Å². The molecule has 0 N–H and O–H groups in total. The van der Waals surface area contributed by atoms with Crippen molar-refractivity contribution < 1.29 is 13.6 Å². The fraction of sp³-hybridized carbons (Fsp3) is 1.00. The number of rotatable bonds is 26. The Balaban J connectivity index is 3.84. The molecule has 3 nitrogen and oxygen atoms in total. The molecule has 0 aliphatic rings. The molecule has 0 radical (unpaired) electrons. The van der Waals surface area contributed by atoms with Crippen molar-refractivity contribution in [2.24, 2.45) is 0 Å². The van der Waals surface area contributed by atoms with Crippen molar-refractivity contribution in [3.63, 3.8) is 0 Å². The van der Waals surface area contributed by atoms with Gasteiger partial charge in [-0.05, 0) is 39.5 Å². The van der Waals surface area contributed by atoms with Gasteiger partial charge in [-0.1, -0.05) is 137 Å². The lowest BCUT2D eigenvalue weighted by Crippen LogP contribution is -2.19. The molecule has 0 aromatic rings. The van der Waals surface area contributed by atoms with Crippen molar-refractivity contribution in [2.45, 2.75) is 194 Å². The van der Waals surface area contributed by atoms with Crippen molar-refractivity contribution >= 4 is 7.60 Å². The van der Waals surface area contributed by atoms with E-state index in [4.69, 9.17) is 9.05 Å². The molecule has 0 aromatic carbocycles. The lowest BCUT2D eigenvalue weighted by atomic mass is 10.0. The Morgan fingerprint density at radius 2 is 0.824 bits per heavy atom. The van der Waals surface area contributed by atoms with E-state index in [1.165, 1.54) is 103 Å². The molecule has 0 fully saturated rings. The summed E-state index contributed by atoms with van der Waals surface area (Å²) in [5.41, 5.74) is 0.0341. The normalized spacial score (nSPS) is 16.3. The van der Waals surface area contributed by atoms with Gasteiger partial charge in [0.25, 0.3) is 0 Å². The second-order valence-electron chi connectivity index (χ2n) is 10.7. The third-order valence-corrected chi connectivity index (χ3v) is 10.2. The van der Waals surface area contributed by atoms with E-state index < -0.39 is 7.60 Å². The third kappa shape index (κ3) is 18.4. The van der Waals surface area contributed by atoms with Crippen LogP contribution in [-0.4, -0.2) is 17.9 Å². The topological polar surface area (TPSA) is 35.5 Å². The Hall–Kier alpha value is 0.150. The summed E-state index contributed by atoms with van der Waals surface area (Å²) in [6.07, 6.45) is 27.0. The van der Waals surface area contributed by atoms with Crippen molar-refractivity contribution in [1.29, 1.82) is 0 Å². The Morgan fingerprint density at radius 1 is 0.500 bits per heavy atom. The van der Waals surface area contributed by atoms with Gasteiger partial charge in [-0.2, -0.15) is 0 Å². The second kappa shape index (κ2) is 23.5. The molecule has 3 atom stereocenters. The van der Waals surface area contributed by atoms with Crippen LogP contribution in [0.1, 0.15) is 176 Å². The van der Waals surface area contributed by atoms with E-state index in [1.54, 1.807) is 0 Å². The highest BCUT2D eigenvalue weighted by molar-refractivity contribution is 7.54. The summed E-state index contributed by atoms with van der Waals surface area (Å²) in [5.74, 6) is 0. The average Bonchev–Trinajstić information content (AvgIpc) is 2.82. The predicted molar refractivity (Wildman–Crippen MR) is 152 cm³/mol. The molecule has 4 heteroatoms. The molecule has 0 spiro atoms. The molecule has 0 saturated heterocycles. The van der Waals surface area contributed by atoms with Crippen LogP contribution >= 0.6 is 7.60 Å². The highest BCUT2D eigenvalue weighted by Gasteiger charge is 2.37. The fourth-order valence-corrected chi connectivity index (χ4v) is 7.18. The maximum atomic E-state index is 13.6. The monoisotopic (exact) mass is 502 g/mol. The third-order valence-electron chi connectivity index (χ3n) is 7.36. The van der Waals surface area contributed by atoms with Gasteiger partial charge in [0.05, 0.1) is 17.9 Å². The van der Waals surface area contributed by atoms with Gasteiger partial charge in [-0.25, -0.2) is 0 Å². The molecule has 0 amide bonds. The maximum Gasteiger partial charge on any atom is 0.334 e. The SMILES string of the molecule is CCCCCCCCCCCCCCCCCCCC(CC)P(=O)(OC(C)CC)OC(C)CC. The summed E-state index contributed by atoms with van der Waals surface area (Å²) >= 11 is 0. The molecule has 0 rings (SSSR count). The Bertz CT molecular complexity index is 452. The van der Waals surface area contributed by atoms with Crippen LogP contribution < -0.4 is 0 Å². The molecule has 34 heavy (non-hydrogen) atoms. The molecule has 3 unspecified atom stereocenters. The average molecular weight is 503 g/mol. The van der Waals surface area contributed by atoms with E-state index in [-0.39, 0.29) is 17.9 Å². The molecule has 206 valence electrons. The maximum absolute atomic E-state index is 13.6. The van der Waals surface area contributed by atoms with Gasteiger partial charge in [0.15, 0.2) is 0 Å². The zero-order valence-electron chi connectivity index (χ0n) is 24.3. The van der Waals surface area contributed by atoms with Crippen molar-refractivity contribution in [1.82, 2.24) is 0 Å². The minimum Gasteiger partial charge on any atom is -0.305 e. The highest BCUT2D eigenvalue weighted by Crippen LogP contribution is 2.58. The van der Waals surface area contributed by atoms with Crippen LogP contribution in [0.3, 0.4) is 0 Å². The van der Waals surface area contributed by atoms with Gasteiger partial charge in [-0.15, -0.1) is 0 Å². The fourth-order valence-electron chi connectivity index (χ4n) is 4.54. The van der Waals surface area contributed by atoms with Crippen molar-refractivity contribution in [2.75, 3.05) is 0 Å². The number of unbranched alkanes of at least 4 members (excludes halogenated alkanes) is 16. The van der Waals surface area contributed by atoms with Crippen LogP contribution in [0.5, 0.6) is 0 Å². The summed E-state index contributed by atoms with van der Waals surface area (Å²) in [6.45, 7) is 12.6. The highest BCUT2D eigenvalue weighted by atomic mass is 31.2. The van der Waals surface area contributed by atoms with Crippen LogP contribution in [0.25, 0.3) is 0 Å². The second-order valence-corrected chi connectivity index (χ2v) is 12.9. The molecule has 0 saturated carbocycles. The first-order valence-electron chi connectivity index (χ1n) is 15.4. The first-order chi connectivity index (χ1) is 16.4. The van der Waals surface area contributed by atoms with Gasteiger partial charge in [0, 0.05) is 0 Å². The minimum atomic E-state index is -3.07. The summed E-state index contributed by atoms with van der Waals surface area (Å²) in [4.78, 5) is 0. The molecule has 0 bridgehead atoms. The molecule has 0 aliphatic carbocycles.